The monoisotopic (exact) mass is 493 g/mol. The summed E-state index contributed by atoms with van der Waals surface area (Å²) in [5, 5.41) is 7.00. The molecule has 1 unspecified atom stereocenters. The first-order valence-corrected chi connectivity index (χ1v) is 11.1. The molecule has 0 aromatic carbocycles. The van der Waals surface area contributed by atoms with Crippen molar-refractivity contribution < 1.29 is 0 Å². The second-order valence-electron chi connectivity index (χ2n) is 8.37. The molecule has 1 saturated carbocycles. The van der Waals surface area contributed by atoms with E-state index in [1.165, 1.54) is 84.2 Å². The van der Waals surface area contributed by atoms with Crippen molar-refractivity contribution in [1.82, 2.24) is 20.4 Å². The number of guanidine groups is 1. The molecule has 0 amide bonds. The van der Waals surface area contributed by atoms with E-state index < -0.39 is 0 Å². The van der Waals surface area contributed by atoms with Gasteiger partial charge in [-0.3, -0.25) is 4.99 Å². The molecule has 2 N–H and O–H groups in total. The summed E-state index contributed by atoms with van der Waals surface area (Å²) in [6.45, 7) is 13.9. The van der Waals surface area contributed by atoms with Crippen LogP contribution >= 0.6 is 24.0 Å². The number of hydrogen-bond donors (Lipinski definition) is 2. The van der Waals surface area contributed by atoms with Crippen molar-refractivity contribution in [2.75, 3.05) is 59.4 Å². The fraction of sp³-hybridized carbons (Fsp3) is 0.952. The fourth-order valence-corrected chi connectivity index (χ4v) is 4.35. The van der Waals surface area contributed by atoms with E-state index in [0.717, 1.165) is 25.0 Å². The Morgan fingerprint density at radius 1 is 1.04 bits per heavy atom. The third kappa shape index (κ3) is 10.3. The Hall–Kier alpha value is -0.0800. The maximum absolute atomic E-state index is 4.38. The quantitative estimate of drug-likeness (QED) is 0.212. The van der Waals surface area contributed by atoms with Crippen molar-refractivity contribution >= 4 is 29.9 Å². The van der Waals surface area contributed by atoms with Crippen molar-refractivity contribution in [3.63, 3.8) is 0 Å². The van der Waals surface area contributed by atoms with Gasteiger partial charge in [0, 0.05) is 52.9 Å². The van der Waals surface area contributed by atoms with E-state index in [4.69, 9.17) is 0 Å². The van der Waals surface area contributed by atoms with Crippen LogP contribution in [-0.4, -0.2) is 75.2 Å². The second-order valence-corrected chi connectivity index (χ2v) is 8.37. The van der Waals surface area contributed by atoms with Crippen LogP contribution in [0.3, 0.4) is 0 Å². The Bertz CT molecular complexity index is 390. The van der Waals surface area contributed by atoms with Crippen molar-refractivity contribution in [2.24, 2.45) is 16.8 Å². The Balaban J connectivity index is 0.00000364. The average molecular weight is 494 g/mol. The third-order valence-electron chi connectivity index (χ3n) is 6.13. The molecule has 0 aromatic heterocycles. The summed E-state index contributed by atoms with van der Waals surface area (Å²) in [7, 11) is 1.88. The predicted molar refractivity (Wildman–Crippen MR) is 128 cm³/mol. The minimum Gasteiger partial charge on any atom is -0.356 e. The van der Waals surface area contributed by atoms with Gasteiger partial charge in [0.25, 0.3) is 0 Å². The van der Waals surface area contributed by atoms with Crippen molar-refractivity contribution in [3.05, 3.63) is 0 Å². The lowest BCUT2D eigenvalue weighted by atomic mass is 10.0. The number of likely N-dealkylation sites (N-methyl/N-ethyl adjacent to an activating group) is 1. The Morgan fingerprint density at radius 3 is 2.33 bits per heavy atom. The van der Waals surface area contributed by atoms with Gasteiger partial charge in [0.15, 0.2) is 5.96 Å². The smallest absolute Gasteiger partial charge is 0.190 e. The molecule has 27 heavy (non-hydrogen) atoms. The number of unbranched alkanes of at least 4 members (excludes halogenated alkanes) is 1. The highest BCUT2D eigenvalue weighted by Crippen LogP contribution is 2.28. The number of hydrogen-bond acceptors (Lipinski definition) is 3. The van der Waals surface area contributed by atoms with Gasteiger partial charge in [-0.15, -0.1) is 24.0 Å². The van der Waals surface area contributed by atoms with E-state index in [-0.39, 0.29) is 24.0 Å². The minimum atomic E-state index is 0. The lowest BCUT2D eigenvalue weighted by molar-refractivity contribution is 0.124. The molecule has 160 valence electrons. The first kappa shape index (κ1) is 25.0. The SMILES string of the molecule is CCN1CCN(CC(C)CNC(=NC)NCCCCC2CCCC2)CC1.I. The molecule has 0 aromatic rings. The lowest BCUT2D eigenvalue weighted by Crippen LogP contribution is -2.48. The van der Waals surface area contributed by atoms with E-state index >= 15 is 0 Å². The molecule has 1 aliphatic heterocycles. The molecule has 1 heterocycles. The number of rotatable bonds is 10. The number of halogens is 1. The predicted octanol–water partition coefficient (Wildman–Crippen LogP) is 3.40. The Kier molecular flexibility index (Phi) is 13.7. The van der Waals surface area contributed by atoms with Crippen molar-refractivity contribution in [3.8, 4) is 0 Å². The minimum absolute atomic E-state index is 0. The molecule has 2 rings (SSSR count). The van der Waals surface area contributed by atoms with Crippen LogP contribution in [0.2, 0.25) is 0 Å². The van der Waals surface area contributed by atoms with Gasteiger partial charge >= 0.3 is 0 Å². The standard InChI is InChI=1S/C21H43N5.HI/c1-4-25-13-15-26(16-14-25)18-19(2)17-24-21(22-3)23-12-8-7-11-20-9-5-6-10-20;/h19-20H,4-18H2,1-3H3,(H2,22,23,24);1H. The first-order chi connectivity index (χ1) is 12.7. The second kappa shape index (κ2) is 14.9. The lowest BCUT2D eigenvalue weighted by Gasteiger charge is -2.35. The third-order valence-corrected chi connectivity index (χ3v) is 6.13. The van der Waals surface area contributed by atoms with Gasteiger partial charge in [0.05, 0.1) is 0 Å². The van der Waals surface area contributed by atoms with Gasteiger partial charge < -0.3 is 20.4 Å². The van der Waals surface area contributed by atoms with Gasteiger partial charge in [-0.05, 0) is 24.8 Å². The number of piperazine rings is 1. The van der Waals surface area contributed by atoms with Crippen molar-refractivity contribution in [1.29, 1.82) is 0 Å². The summed E-state index contributed by atoms with van der Waals surface area (Å²) in [5.41, 5.74) is 0. The Labute approximate surface area is 185 Å². The summed E-state index contributed by atoms with van der Waals surface area (Å²) in [4.78, 5) is 9.53. The van der Waals surface area contributed by atoms with Crippen LogP contribution in [0, 0.1) is 11.8 Å². The summed E-state index contributed by atoms with van der Waals surface area (Å²) < 4.78 is 0. The summed E-state index contributed by atoms with van der Waals surface area (Å²) in [6.07, 6.45) is 9.92. The zero-order valence-electron chi connectivity index (χ0n) is 18.0. The van der Waals surface area contributed by atoms with Gasteiger partial charge in [-0.25, -0.2) is 0 Å². The van der Waals surface area contributed by atoms with Gasteiger partial charge in [-0.1, -0.05) is 52.4 Å². The highest BCUT2D eigenvalue weighted by molar-refractivity contribution is 14.0. The highest BCUT2D eigenvalue weighted by atomic mass is 127. The summed E-state index contributed by atoms with van der Waals surface area (Å²) in [6, 6.07) is 0. The molecule has 0 bridgehead atoms. The molecule has 5 nitrogen and oxygen atoms in total. The molecular formula is C21H44IN5. The maximum atomic E-state index is 4.38. The normalized spacial score (nSPS) is 21.1. The van der Waals surface area contributed by atoms with Gasteiger partial charge in [0.2, 0.25) is 0 Å². The molecule has 1 aliphatic carbocycles. The van der Waals surface area contributed by atoms with Crippen LogP contribution < -0.4 is 10.6 Å². The van der Waals surface area contributed by atoms with Crippen LogP contribution in [0.5, 0.6) is 0 Å². The average Bonchev–Trinajstić information content (AvgIpc) is 3.18. The first-order valence-electron chi connectivity index (χ1n) is 11.1. The fourth-order valence-electron chi connectivity index (χ4n) is 4.35. The zero-order chi connectivity index (χ0) is 18.6. The highest BCUT2D eigenvalue weighted by Gasteiger charge is 2.17. The number of nitrogens with one attached hydrogen (secondary N) is 2. The zero-order valence-corrected chi connectivity index (χ0v) is 20.3. The number of nitrogens with zero attached hydrogens (tertiary/aromatic N) is 3. The van der Waals surface area contributed by atoms with Crippen molar-refractivity contribution in [2.45, 2.75) is 58.8 Å². The molecule has 1 saturated heterocycles. The van der Waals surface area contributed by atoms with E-state index in [9.17, 15) is 0 Å². The van der Waals surface area contributed by atoms with E-state index in [1.807, 2.05) is 7.05 Å². The summed E-state index contributed by atoms with van der Waals surface area (Å²) >= 11 is 0. The Morgan fingerprint density at radius 2 is 1.70 bits per heavy atom. The largest absolute Gasteiger partial charge is 0.356 e. The van der Waals surface area contributed by atoms with Gasteiger partial charge in [0.1, 0.15) is 0 Å². The molecule has 0 spiro atoms. The molecule has 6 heteroatoms. The number of aliphatic imine (C=N–C) groups is 1. The molecule has 0 radical (unpaired) electrons. The molecule has 2 aliphatic rings. The maximum Gasteiger partial charge on any atom is 0.190 e. The summed E-state index contributed by atoms with van der Waals surface area (Å²) in [5.74, 6) is 2.63. The van der Waals surface area contributed by atoms with Crippen LogP contribution in [-0.2, 0) is 0 Å². The van der Waals surface area contributed by atoms with Crippen LogP contribution in [0.4, 0.5) is 0 Å². The van der Waals surface area contributed by atoms with E-state index in [2.05, 4.69) is 39.3 Å². The van der Waals surface area contributed by atoms with Crippen LogP contribution in [0.15, 0.2) is 4.99 Å². The van der Waals surface area contributed by atoms with Gasteiger partial charge in [-0.2, -0.15) is 0 Å². The van der Waals surface area contributed by atoms with E-state index in [0.29, 0.717) is 5.92 Å². The van der Waals surface area contributed by atoms with Crippen LogP contribution in [0.25, 0.3) is 0 Å². The van der Waals surface area contributed by atoms with E-state index in [1.54, 1.807) is 0 Å². The van der Waals surface area contributed by atoms with Crippen LogP contribution in [0.1, 0.15) is 58.8 Å². The molecular weight excluding hydrogens is 449 g/mol. The molecule has 1 atom stereocenters. The molecule has 2 fully saturated rings. The topological polar surface area (TPSA) is 42.9 Å².